The summed E-state index contributed by atoms with van der Waals surface area (Å²) < 4.78 is 5.46. The number of para-hydroxylation sites is 2. The van der Waals surface area contributed by atoms with Crippen LogP contribution in [0.2, 0.25) is 0 Å². The first-order chi connectivity index (χ1) is 13.0. The van der Waals surface area contributed by atoms with Crippen LogP contribution in [0, 0.1) is 6.92 Å². The number of hydrogen-bond acceptors (Lipinski definition) is 4. The number of aryl methyl sites for hydroxylation is 2. The van der Waals surface area contributed by atoms with Gasteiger partial charge in [0.1, 0.15) is 5.75 Å². The Balaban J connectivity index is 1.80. The number of hydrogen-bond donors (Lipinski definition) is 2. The topological polar surface area (TPSA) is 79.8 Å². The van der Waals surface area contributed by atoms with Gasteiger partial charge < -0.3 is 10.1 Å². The first-order valence-corrected chi connectivity index (χ1v) is 8.87. The van der Waals surface area contributed by atoms with Gasteiger partial charge in [-0.05, 0) is 43.5 Å². The molecule has 2 aromatic carbocycles. The largest absolute Gasteiger partial charge is 0.483 e. The van der Waals surface area contributed by atoms with Gasteiger partial charge in [0.2, 0.25) is 5.91 Å². The minimum Gasteiger partial charge on any atom is -0.483 e. The summed E-state index contributed by atoms with van der Waals surface area (Å²) in [7, 11) is 0. The molecule has 142 valence electrons. The van der Waals surface area contributed by atoms with Crippen molar-refractivity contribution in [2.45, 2.75) is 33.6 Å². The molecule has 6 nitrogen and oxygen atoms in total. The summed E-state index contributed by atoms with van der Waals surface area (Å²) in [6, 6.07) is 15.1. The van der Waals surface area contributed by atoms with E-state index in [9.17, 15) is 9.59 Å². The van der Waals surface area contributed by atoms with Crippen LogP contribution in [0.4, 0.5) is 5.69 Å². The average Bonchev–Trinajstić information content (AvgIpc) is 2.66. The number of anilines is 1. The normalized spacial score (nSPS) is 11.0. The molecule has 0 atom stereocenters. The SMILES string of the molecule is CCc1ccccc1NC(=O)C/C(C)=N\NC(=O)COc1ccccc1C. The van der Waals surface area contributed by atoms with E-state index in [1.54, 1.807) is 13.0 Å². The van der Waals surface area contributed by atoms with E-state index in [2.05, 4.69) is 15.8 Å². The minimum absolute atomic E-state index is 0.0942. The van der Waals surface area contributed by atoms with E-state index in [0.29, 0.717) is 11.5 Å². The highest BCUT2D eigenvalue weighted by Gasteiger charge is 2.08. The second-order valence-electron chi connectivity index (χ2n) is 6.17. The Morgan fingerprint density at radius 2 is 1.74 bits per heavy atom. The molecule has 0 aliphatic carbocycles. The molecule has 2 amide bonds. The number of benzene rings is 2. The summed E-state index contributed by atoms with van der Waals surface area (Å²) in [6.45, 7) is 5.49. The molecular formula is C21H25N3O3. The molecule has 0 aromatic heterocycles. The third-order valence-electron chi connectivity index (χ3n) is 3.91. The minimum atomic E-state index is -0.380. The van der Waals surface area contributed by atoms with Crippen molar-refractivity contribution in [1.82, 2.24) is 5.43 Å². The summed E-state index contributed by atoms with van der Waals surface area (Å²) in [5.41, 5.74) is 5.74. The maximum atomic E-state index is 12.2. The summed E-state index contributed by atoms with van der Waals surface area (Å²) in [4.78, 5) is 24.0. The number of carbonyl (C=O) groups is 2. The smallest absolute Gasteiger partial charge is 0.277 e. The number of carbonyl (C=O) groups excluding carboxylic acids is 2. The Morgan fingerprint density at radius 1 is 1.04 bits per heavy atom. The molecule has 2 rings (SSSR count). The average molecular weight is 367 g/mol. The fourth-order valence-electron chi connectivity index (χ4n) is 2.47. The van der Waals surface area contributed by atoms with E-state index < -0.39 is 0 Å². The Kier molecular flexibility index (Phi) is 7.55. The van der Waals surface area contributed by atoms with Crippen LogP contribution in [0.3, 0.4) is 0 Å². The van der Waals surface area contributed by atoms with Gasteiger partial charge in [-0.2, -0.15) is 5.10 Å². The van der Waals surface area contributed by atoms with Gasteiger partial charge in [0.05, 0.1) is 6.42 Å². The quantitative estimate of drug-likeness (QED) is 0.554. The van der Waals surface area contributed by atoms with Crippen LogP contribution in [-0.4, -0.2) is 24.1 Å². The lowest BCUT2D eigenvalue weighted by Crippen LogP contribution is -2.26. The second-order valence-corrected chi connectivity index (χ2v) is 6.17. The van der Waals surface area contributed by atoms with Crippen LogP contribution in [0.5, 0.6) is 5.75 Å². The van der Waals surface area contributed by atoms with Crippen LogP contribution in [0.1, 0.15) is 31.4 Å². The number of rotatable bonds is 8. The molecule has 2 aromatic rings. The van der Waals surface area contributed by atoms with Crippen LogP contribution in [0.25, 0.3) is 0 Å². The van der Waals surface area contributed by atoms with E-state index in [0.717, 1.165) is 23.2 Å². The predicted molar refractivity (Wildman–Crippen MR) is 107 cm³/mol. The van der Waals surface area contributed by atoms with Crippen LogP contribution in [0.15, 0.2) is 53.6 Å². The molecule has 0 heterocycles. The van der Waals surface area contributed by atoms with Crippen molar-refractivity contribution in [3.8, 4) is 5.75 Å². The Morgan fingerprint density at radius 3 is 2.48 bits per heavy atom. The molecule has 27 heavy (non-hydrogen) atoms. The van der Waals surface area contributed by atoms with Crippen molar-refractivity contribution in [3.63, 3.8) is 0 Å². The fraction of sp³-hybridized carbons (Fsp3) is 0.286. The second kappa shape index (κ2) is 10.1. The molecule has 0 radical (unpaired) electrons. The summed E-state index contributed by atoms with van der Waals surface area (Å²) >= 11 is 0. The van der Waals surface area contributed by atoms with Gasteiger partial charge in [0.25, 0.3) is 5.91 Å². The Labute approximate surface area is 159 Å². The van der Waals surface area contributed by atoms with Crippen molar-refractivity contribution in [2.24, 2.45) is 5.10 Å². The monoisotopic (exact) mass is 367 g/mol. The Bertz CT molecular complexity index is 831. The Hall–Kier alpha value is -3.15. The molecule has 0 saturated heterocycles. The molecule has 0 fully saturated rings. The van der Waals surface area contributed by atoms with Crippen LogP contribution < -0.4 is 15.5 Å². The molecule has 2 N–H and O–H groups in total. The highest BCUT2D eigenvalue weighted by molar-refractivity contribution is 6.06. The number of hydrazone groups is 1. The van der Waals surface area contributed by atoms with Gasteiger partial charge in [-0.25, -0.2) is 5.43 Å². The number of nitrogens with zero attached hydrogens (tertiary/aromatic N) is 1. The van der Waals surface area contributed by atoms with Gasteiger partial charge in [0, 0.05) is 11.4 Å². The number of nitrogens with one attached hydrogen (secondary N) is 2. The predicted octanol–water partition coefficient (Wildman–Crippen LogP) is 3.46. The molecule has 0 aliphatic heterocycles. The highest BCUT2D eigenvalue weighted by atomic mass is 16.5. The van der Waals surface area contributed by atoms with Gasteiger partial charge in [-0.1, -0.05) is 43.3 Å². The lowest BCUT2D eigenvalue weighted by molar-refractivity contribution is -0.123. The molecular weight excluding hydrogens is 342 g/mol. The van der Waals surface area contributed by atoms with Crippen molar-refractivity contribution in [3.05, 3.63) is 59.7 Å². The zero-order valence-corrected chi connectivity index (χ0v) is 15.9. The molecule has 6 heteroatoms. The summed E-state index contributed by atoms with van der Waals surface area (Å²) in [5.74, 6) is 0.0965. The molecule has 0 spiro atoms. The van der Waals surface area contributed by atoms with Crippen molar-refractivity contribution in [2.75, 3.05) is 11.9 Å². The zero-order valence-electron chi connectivity index (χ0n) is 15.9. The molecule has 0 unspecified atom stereocenters. The van der Waals surface area contributed by atoms with Gasteiger partial charge in [-0.3, -0.25) is 9.59 Å². The highest BCUT2D eigenvalue weighted by Crippen LogP contribution is 2.16. The first kappa shape index (κ1) is 20.2. The van der Waals surface area contributed by atoms with Crippen molar-refractivity contribution in [1.29, 1.82) is 0 Å². The summed E-state index contributed by atoms with van der Waals surface area (Å²) in [5, 5.41) is 6.83. The van der Waals surface area contributed by atoms with E-state index in [-0.39, 0.29) is 24.8 Å². The molecule has 0 saturated carbocycles. The third-order valence-corrected chi connectivity index (χ3v) is 3.91. The molecule has 0 aliphatic rings. The fourth-order valence-corrected chi connectivity index (χ4v) is 2.47. The maximum Gasteiger partial charge on any atom is 0.277 e. The lowest BCUT2D eigenvalue weighted by atomic mass is 10.1. The standard InChI is InChI=1S/C21H25N3O3/c1-4-17-10-6-7-11-18(17)22-20(25)13-16(3)23-24-21(26)14-27-19-12-8-5-9-15(19)2/h5-12H,4,13-14H2,1-3H3,(H,22,25)(H,24,26)/b23-16-. The van der Waals surface area contributed by atoms with E-state index >= 15 is 0 Å². The summed E-state index contributed by atoms with van der Waals surface area (Å²) in [6.07, 6.45) is 0.928. The van der Waals surface area contributed by atoms with Gasteiger partial charge in [0.15, 0.2) is 6.61 Å². The maximum absolute atomic E-state index is 12.2. The zero-order chi connectivity index (χ0) is 19.6. The van der Waals surface area contributed by atoms with Crippen LogP contribution in [-0.2, 0) is 16.0 Å². The van der Waals surface area contributed by atoms with E-state index in [1.807, 2.05) is 56.3 Å². The third kappa shape index (κ3) is 6.58. The van der Waals surface area contributed by atoms with Gasteiger partial charge in [-0.15, -0.1) is 0 Å². The number of ether oxygens (including phenoxy) is 1. The molecule has 0 bridgehead atoms. The van der Waals surface area contributed by atoms with Crippen molar-refractivity contribution < 1.29 is 14.3 Å². The number of amides is 2. The van der Waals surface area contributed by atoms with E-state index in [1.165, 1.54) is 0 Å². The van der Waals surface area contributed by atoms with Gasteiger partial charge >= 0.3 is 0 Å². The lowest BCUT2D eigenvalue weighted by Gasteiger charge is -2.10. The van der Waals surface area contributed by atoms with Crippen LogP contribution >= 0.6 is 0 Å². The van der Waals surface area contributed by atoms with E-state index in [4.69, 9.17) is 4.74 Å². The van der Waals surface area contributed by atoms with Crippen molar-refractivity contribution >= 4 is 23.2 Å². The first-order valence-electron chi connectivity index (χ1n) is 8.87.